The van der Waals surface area contributed by atoms with Gasteiger partial charge in [0.05, 0.1) is 29.8 Å². The van der Waals surface area contributed by atoms with Gasteiger partial charge in [-0.3, -0.25) is 19.7 Å². The average Bonchev–Trinajstić information content (AvgIpc) is 2.65. The van der Waals surface area contributed by atoms with Crippen LogP contribution in [0.1, 0.15) is 10.4 Å². The minimum Gasteiger partial charge on any atom is -0.493 e. The summed E-state index contributed by atoms with van der Waals surface area (Å²) in [4.78, 5) is 34.1. The molecule has 0 heterocycles. The van der Waals surface area contributed by atoms with Crippen molar-refractivity contribution in [1.29, 1.82) is 0 Å². The molecule has 0 unspecified atom stereocenters. The second-order valence-corrected chi connectivity index (χ2v) is 6.23. The number of amides is 2. The van der Waals surface area contributed by atoms with Crippen molar-refractivity contribution in [2.45, 2.75) is 4.90 Å². The molecular formula is C17H17N3O6S. The van der Waals surface area contributed by atoms with Crippen LogP contribution in [0.2, 0.25) is 0 Å². The molecule has 0 aliphatic heterocycles. The topological polar surface area (TPSA) is 134 Å². The largest absolute Gasteiger partial charge is 0.493 e. The lowest BCUT2D eigenvalue weighted by atomic mass is 10.2. The predicted molar refractivity (Wildman–Crippen MR) is 101 cm³/mol. The maximum Gasteiger partial charge on any atom is 0.283 e. The molecule has 2 rings (SSSR count). The number of methoxy groups -OCH3 is 2. The molecule has 0 bridgehead atoms. The Balaban J connectivity index is 2.07. The Morgan fingerprint density at radius 3 is 2.44 bits per heavy atom. The first kappa shape index (κ1) is 20.0. The molecule has 2 amide bonds. The van der Waals surface area contributed by atoms with Crippen LogP contribution >= 0.6 is 11.8 Å². The van der Waals surface area contributed by atoms with E-state index in [1.165, 1.54) is 26.4 Å². The van der Waals surface area contributed by atoms with E-state index in [4.69, 9.17) is 15.2 Å². The Hall–Kier alpha value is -3.27. The predicted octanol–water partition coefficient (Wildman–Crippen LogP) is 2.44. The average molecular weight is 391 g/mol. The monoisotopic (exact) mass is 391 g/mol. The number of hydrogen-bond donors (Lipinski definition) is 2. The van der Waals surface area contributed by atoms with Gasteiger partial charge in [0.25, 0.3) is 5.69 Å². The molecule has 0 aliphatic rings. The van der Waals surface area contributed by atoms with Crippen LogP contribution in [0.3, 0.4) is 0 Å². The molecule has 0 fully saturated rings. The summed E-state index contributed by atoms with van der Waals surface area (Å²) in [6, 6.07) is 8.77. The van der Waals surface area contributed by atoms with E-state index in [9.17, 15) is 19.7 Å². The molecule has 0 atom stereocenters. The van der Waals surface area contributed by atoms with Gasteiger partial charge < -0.3 is 20.5 Å². The molecule has 9 nitrogen and oxygen atoms in total. The van der Waals surface area contributed by atoms with Crippen molar-refractivity contribution in [3.63, 3.8) is 0 Å². The van der Waals surface area contributed by atoms with Crippen LogP contribution in [0.4, 0.5) is 11.4 Å². The molecule has 0 spiro atoms. The number of primary amides is 1. The van der Waals surface area contributed by atoms with E-state index in [0.29, 0.717) is 17.2 Å². The molecule has 0 saturated heterocycles. The number of hydrogen-bond acceptors (Lipinski definition) is 7. The second kappa shape index (κ2) is 8.90. The highest BCUT2D eigenvalue weighted by Crippen LogP contribution is 2.31. The number of thioether (sulfide) groups is 1. The number of anilines is 1. The Kier molecular flexibility index (Phi) is 6.61. The first-order chi connectivity index (χ1) is 12.8. The van der Waals surface area contributed by atoms with E-state index in [1.54, 1.807) is 18.2 Å². The molecule has 0 aliphatic carbocycles. The summed E-state index contributed by atoms with van der Waals surface area (Å²) >= 11 is 0.979. The van der Waals surface area contributed by atoms with Crippen molar-refractivity contribution in [1.82, 2.24) is 0 Å². The number of nitro groups is 1. The Morgan fingerprint density at radius 2 is 1.85 bits per heavy atom. The van der Waals surface area contributed by atoms with E-state index < -0.39 is 10.8 Å². The van der Waals surface area contributed by atoms with Crippen molar-refractivity contribution in [3.05, 3.63) is 52.1 Å². The van der Waals surface area contributed by atoms with Gasteiger partial charge in [-0.15, -0.1) is 11.8 Å². The highest BCUT2D eigenvalue weighted by Gasteiger charge is 2.18. The fraction of sp³-hybridized carbons (Fsp3) is 0.176. The van der Waals surface area contributed by atoms with Gasteiger partial charge >= 0.3 is 0 Å². The summed E-state index contributed by atoms with van der Waals surface area (Å²) in [5, 5.41) is 13.9. The van der Waals surface area contributed by atoms with Crippen molar-refractivity contribution in [2.24, 2.45) is 5.73 Å². The maximum atomic E-state index is 12.1. The number of carbonyl (C=O) groups excluding carboxylic acids is 2. The third-order valence-corrected chi connectivity index (χ3v) is 4.53. The van der Waals surface area contributed by atoms with Crippen molar-refractivity contribution < 1.29 is 24.0 Å². The fourth-order valence-electron chi connectivity index (χ4n) is 2.19. The van der Waals surface area contributed by atoms with E-state index >= 15 is 0 Å². The van der Waals surface area contributed by atoms with Gasteiger partial charge in [-0.05, 0) is 24.3 Å². The molecule has 0 saturated carbocycles. The molecule has 2 aromatic rings. The normalized spacial score (nSPS) is 10.1. The first-order valence-electron chi connectivity index (χ1n) is 7.58. The molecular weight excluding hydrogens is 374 g/mol. The van der Waals surface area contributed by atoms with Gasteiger partial charge in [-0.1, -0.05) is 0 Å². The van der Waals surface area contributed by atoms with E-state index in [0.717, 1.165) is 17.8 Å². The number of carbonyl (C=O) groups is 2. The Bertz CT molecular complexity index is 887. The van der Waals surface area contributed by atoms with Gasteiger partial charge in [0, 0.05) is 23.4 Å². The van der Waals surface area contributed by atoms with E-state index in [2.05, 4.69) is 5.32 Å². The number of ether oxygens (including phenoxy) is 2. The lowest BCUT2D eigenvalue weighted by molar-refractivity contribution is -0.387. The van der Waals surface area contributed by atoms with Crippen molar-refractivity contribution >= 4 is 35.0 Å². The fourth-order valence-corrected chi connectivity index (χ4v) is 2.99. The molecule has 3 N–H and O–H groups in total. The zero-order chi connectivity index (χ0) is 20.0. The summed E-state index contributed by atoms with van der Waals surface area (Å²) in [6.45, 7) is 0. The standard InChI is InChI=1S/C17H17N3O6S/c1-25-13-5-4-11(8-14(13)26-2)19-16(21)9-27-15-6-3-10(17(18)22)7-12(15)20(23)24/h3-8H,9H2,1-2H3,(H2,18,22)(H,19,21). The Morgan fingerprint density at radius 1 is 1.15 bits per heavy atom. The van der Waals surface area contributed by atoms with Crippen LogP contribution in [-0.2, 0) is 4.79 Å². The van der Waals surface area contributed by atoms with E-state index in [-0.39, 0.29) is 27.8 Å². The number of nitrogens with one attached hydrogen (secondary N) is 1. The summed E-state index contributed by atoms with van der Waals surface area (Å²) < 4.78 is 10.3. The molecule has 27 heavy (non-hydrogen) atoms. The maximum absolute atomic E-state index is 12.1. The third-order valence-electron chi connectivity index (χ3n) is 3.47. The summed E-state index contributed by atoms with van der Waals surface area (Å²) in [5.74, 6) is -0.206. The smallest absolute Gasteiger partial charge is 0.283 e. The minimum atomic E-state index is -0.763. The molecule has 2 aromatic carbocycles. The van der Waals surface area contributed by atoms with Gasteiger partial charge in [-0.25, -0.2) is 0 Å². The minimum absolute atomic E-state index is 0.0285. The number of nitrogens with two attached hydrogens (primary N) is 1. The van der Waals surface area contributed by atoms with Gasteiger partial charge in [0.2, 0.25) is 11.8 Å². The highest BCUT2D eigenvalue weighted by atomic mass is 32.2. The number of nitrogens with zero attached hydrogens (tertiary/aromatic N) is 1. The quantitative estimate of drug-likeness (QED) is 0.401. The number of benzene rings is 2. The second-order valence-electron chi connectivity index (χ2n) is 5.21. The van der Waals surface area contributed by atoms with Gasteiger partial charge in [-0.2, -0.15) is 0 Å². The Labute approximate surface area is 159 Å². The SMILES string of the molecule is COc1ccc(NC(=O)CSc2ccc(C(N)=O)cc2[N+](=O)[O-])cc1OC. The summed E-state index contributed by atoms with van der Waals surface area (Å²) in [5.41, 5.74) is 5.38. The van der Waals surface area contributed by atoms with Crippen molar-refractivity contribution in [3.8, 4) is 11.5 Å². The van der Waals surface area contributed by atoms with Crippen LogP contribution in [0.5, 0.6) is 11.5 Å². The molecule has 142 valence electrons. The van der Waals surface area contributed by atoms with Crippen LogP contribution in [0.15, 0.2) is 41.3 Å². The zero-order valence-corrected chi connectivity index (χ0v) is 15.4. The van der Waals surface area contributed by atoms with Crippen molar-refractivity contribution in [2.75, 3.05) is 25.3 Å². The van der Waals surface area contributed by atoms with E-state index in [1.807, 2.05) is 0 Å². The van der Waals surface area contributed by atoms with Gasteiger partial charge in [0.1, 0.15) is 0 Å². The third kappa shape index (κ3) is 5.11. The first-order valence-corrected chi connectivity index (χ1v) is 8.57. The van der Waals surface area contributed by atoms with Crippen LogP contribution in [-0.4, -0.2) is 36.7 Å². The number of nitro benzene ring substituents is 1. The highest BCUT2D eigenvalue weighted by molar-refractivity contribution is 8.00. The molecule has 0 radical (unpaired) electrons. The summed E-state index contributed by atoms with van der Waals surface area (Å²) in [6.07, 6.45) is 0. The molecule has 10 heteroatoms. The van der Waals surface area contributed by atoms with Gasteiger partial charge in [0.15, 0.2) is 11.5 Å². The molecule has 0 aromatic heterocycles. The van der Waals surface area contributed by atoms with Crippen LogP contribution < -0.4 is 20.5 Å². The van der Waals surface area contributed by atoms with Crippen LogP contribution in [0.25, 0.3) is 0 Å². The summed E-state index contributed by atoms with van der Waals surface area (Å²) in [7, 11) is 2.98. The lowest BCUT2D eigenvalue weighted by Gasteiger charge is -2.10. The lowest BCUT2D eigenvalue weighted by Crippen LogP contribution is -2.14. The van der Waals surface area contributed by atoms with Crippen LogP contribution in [0, 0.1) is 10.1 Å². The number of rotatable bonds is 8. The zero-order valence-electron chi connectivity index (χ0n) is 14.6.